The van der Waals surface area contributed by atoms with Crippen molar-refractivity contribution in [3.05, 3.63) is 0 Å². The number of ketones is 1. The molecule has 0 aromatic heterocycles. The molecule has 1 N–H and O–H groups in total. The highest BCUT2D eigenvalue weighted by Gasteiger charge is 2.34. The molecule has 0 aliphatic rings. The zero-order valence-electron chi connectivity index (χ0n) is 17.4. The molecule has 0 aromatic carbocycles. The number of hydroxylamine groups is 2. The maximum Gasteiger partial charge on any atom is 0.256 e. The van der Waals surface area contributed by atoms with Gasteiger partial charge in [-0.2, -0.15) is 0 Å². The zero-order chi connectivity index (χ0) is 19.7. The Bertz CT molecular complexity index is 413. The summed E-state index contributed by atoms with van der Waals surface area (Å²) in [7, 11) is 2.87. The van der Waals surface area contributed by atoms with Crippen LogP contribution in [0.15, 0.2) is 0 Å². The summed E-state index contributed by atoms with van der Waals surface area (Å²) in [5, 5.41) is 11.7. The molecule has 0 saturated heterocycles. The van der Waals surface area contributed by atoms with E-state index in [2.05, 4.69) is 20.8 Å². The van der Waals surface area contributed by atoms with Crippen molar-refractivity contribution < 1.29 is 19.5 Å². The van der Waals surface area contributed by atoms with Crippen LogP contribution in [0.1, 0.15) is 67.2 Å². The number of aliphatic hydroxyl groups excluding tert-OH is 1. The molecule has 0 unspecified atom stereocenters. The largest absolute Gasteiger partial charge is 0.392 e. The number of aliphatic hydroxyl groups is 1. The van der Waals surface area contributed by atoms with Gasteiger partial charge in [0.2, 0.25) is 0 Å². The van der Waals surface area contributed by atoms with Gasteiger partial charge in [0.05, 0.1) is 19.1 Å². The Morgan fingerprint density at radius 3 is 2.08 bits per heavy atom. The van der Waals surface area contributed by atoms with Gasteiger partial charge in [0.15, 0.2) is 0 Å². The Morgan fingerprint density at radius 2 is 1.60 bits per heavy atom. The number of amides is 1. The molecule has 5 heteroatoms. The van der Waals surface area contributed by atoms with Gasteiger partial charge >= 0.3 is 0 Å². The fourth-order valence-corrected chi connectivity index (χ4v) is 3.71. The van der Waals surface area contributed by atoms with Crippen LogP contribution >= 0.6 is 0 Å². The minimum Gasteiger partial charge on any atom is -0.392 e. The second-order valence-electron chi connectivity index (χ2n) is 7.87. The molecule has 0 spiro atoms. The number of Topliss-reactive ketones (excluding diaryl/α,β-unsaturated/α-hetero) is 1. The molecular weight excluding hydrogens is 318 g/mol. The Morgan fingerprint density at radius 1 is 1.04 bits per heavy atom. The Labute approximate surface area is 154 Å². The SMILES string of the molecule is CCC[C@H](C)C[C@H](C)C[C@H](C)[C@@H](O)[C@H](C)C(=O)[C@H](C)C(=O)N(C)OC. The van der Waals surface area contributed by atoms with Crippen LogP contribution in [0.5, 0.6) is 0 Å². The molecule has 1 amide bonds. The zero-order valence-corrected chi connectivity index (χ0v) is 17.4. The predicted octanol–water partition coefficient (Wildman–Crippen LogP) is 3.70. The molecule has 148 valence electrons. The van der Waals surface area contributed by atoms with Crippen LogP contribution in [0.4, 0.5) is 0 Å². The molecule has 0 aliphatic heterocycles. The summed E-state index contributed by atoms with van der Waals surface area (Å²) in [5.41, 5.74) is 0. The van der Waals surface area contributed by atoms with Gasteiger partial charge in [-0.3, -0.25) is 14.4 Å². The van der Waals surface area contributed by atoms with Crippen molar-refractivity contribution in [2.45, 2.75) is 73.3 Å². The molecule has 0 heterocycles. The van der Waals surface area contributed by atoms with E-state index in [4.69, 9.17) is 4.84 Å². The topological polar surface area (TPSA) is 66.8 Å². The molecule has 0 aliphatic carbocycles. The number of carbonyl (C=O) groups is 2. The fourth-order valence-electron chi connectivity index (χ4n) is 3.71. The molecule has 25 heavy (non-hydrogen) atoms. The van der Waals surface area contributed by atoms with E-state index in [0.717, 1.165) is 17.9 Å². The summed E-state index contributed by atoms with van der Waals surface area (Å²) >= 11 is 0. The van der Waals surface area contributed by atoms with Crippen LogP contribution in [-0.2, 0) is 14.4 Å². The summed E-state index contributed by atoms with van der Waals surface area (Å²) in [5.74, 6) is -0.799. The maximum atomic E-state index is 12.5. The second kappa shape index (κ2) is 11.6. The number of hydrogen-bond acceptors (Lipinski definition) is 4. The average molecular weight is 358 g/mol. The average Bonchev–Trinajstić information content (AvgIpc) is 2.57. The van der Waals surface area contributed by atoms with Crippen LogP contribution in [0.3, 0.4) is 0 Å². The summed E-state index contributed by atoms with van der Waals surface area (Å²) in [4.78, 5) is 29.5. The Kier molecular flexibility index (Phi) is 11.2. The van der Waals surface area contributed by atoms with Gasteiger partial charge in [0.1, 0.15) is 5.78 Å². The van der Waals surface area contributed by atoms with Crippen molar-refractivity contribution in [3.63, 3.8) is 0 Å². The highest BCUT2D eigenvalue weighted by atomic mass is 16.7. The predicted molar refractivity (Wildman–Crippen MR) is 101 cm³/mol. The van der Waals surface area contributed by atoms with E-state index in [-0.39, 0.29) is 17.6 Å². The summed E-state index contributed by atoms with van der Waals surface area (Å²) in [6.45, 7) is 12.0. The number of carbonyl (C=O) groups excluding carboxylic acids is 2. The van der Waals surface area contributed by atoms with Crippen LogP contribution in [0.25, 0.3) is 0 Å². The lowest BCUT2D eigenvalue weighted by Gasteiger charge is -2.29. The molecule has 0 aromatic rings. The fraction of sp³-hybridized carbons (Fsp3) is 0.900. The molecule has 6 atom stereocenters. The third-order valence-electron chi connectivity index (χ3n) is 5.29. The standard InChI is InChI=1S/C20H39NO4/c1-9-10-13(2)11-14(3)12-15(4)18(22)16(5)19(23)17(6)20(24)21(7)25-8/h13-18,22H,9-12H2,1-8H3/t13-,14-,15-,16-,17-,18+/m0/s1. The van der Waals surface area contributed by atoms with E-state index in [1.54, 1.807) is 13.8 Å². The van der Waals surface area contributed by atoms with Crippen molar-refractivity contribution in [1.29, 1.82) is 0 Å². The lowest BCUT2D eigenvalue weighted by Crippen LogP contribution is -2.41. The van der Waals surface area contributed by atoms with E-state index >= 15 is 0 Å². The van der Waals surface area contributed by atoms with Gasteiger partial charge in [-0.25, -0.2) is 5.06 Å². The van der Waals surface area contributed by atoms with Crippen molar-refractivity contribution in [1.82, 2.24) is 5.06 Å². The maximum absolute atomic E-state index is 12.5. The molecule has 0 fully saturated rings. The number of rotatable bonds is 12. The van der Waals surface area contributed by atoms with Gasteiger partial charge in [0.25, 0.3) is 5.91 Å². The van der Waals surface area contributed by atoms with Gasteiger partial charge in [-0.15, -0.1) is 0 Å². The molecule has 0 saturated carbocycles. The first-order valence-electron chi connectivity index (χ1n) is 9.60. The minimum absolute atomic E-state index is 0.0187. The number of nitrogens with zero attached hydrogens (tertiary/aromatic N) is 1. The third kappa shape index (κ3) is 7.87. The minimum atomic E-state index is -0.816. The van der Waals surface area contributed by atoms with E-state index in [1.807, 2.05) is 6.92 Å². The normalized spacial score (nSPS) is 18.8. The third-order valence-corrected chi connectivity index (χ3v) is 5.29. The first-order valence-corrected chi connectivity index (χ1v) is 9.60. The Hall–Kier alpha value is -0.940. The van der Waals surface area contributed by atoms with Crippen molar-refractivity contribution in [2.75, 3.05) is 14.2 Å². The Balaban J connectivity index is 4.67. The molecule has 0 bridgehead atoms. The molecule has 0 radical (unpaired) electrons. The van der Waals surface area contributed by atoms with E-state index in [0.29, 0.717) is 11.8 Å². The van der Waals surface area contributed by atoms with Crippen LogP contribution < -0.4 is 0 Å². The van der Waals surface area contributed by atoms with Crippen molar-refractivity contribution in [2.24, 2.45) is 29.6 Å². The van der Waals surface area contributed by atoms with E-state index < -0.39 is 17.9 Å². The van der Waals surface area contributed by atoms with Gasteiger partial charge in [0, 0.05) is 13.0 Å². The summed E-state index contributed by atoms with van der Waals surface area (Å²) in [6.07, 6.45) is 3.70. The molecular formula is C20H39NO4. The summed E-state index contributed by atoms with van der Waals surface area (Å²) < 4.78 is 0. The van der Waals surface area contributed by atoms with Crippen LogP contribution in [0.2, 0.25) is 0 Å². The molecule has 0 rings (SSSR count). The van der Waals surface area contributed by atoms with Gasteiger partial charge in [-0.05, 0) is 37.5 Å². The lowest BCUT2D eigenvalue weighted by molar-refractivity contribution is -0.174. The summed E-state index contributed by atoms with van der Waals surface area (Å²) in [6, 6.07) is 0. The molecule has 5 nitrogen and oxygen atoms in total. The number of hydrogen-bond donors (Lipinski definition) is 1. The highest BCUT2D eigenvalue weighted by Crippen LogP contribution is 2.27. The van der Waals surface area contributed by atoms with Crippen molar-refractivity contribution >= 4 is 11.7 Å². The second-order valence-corrected chi connectivity index (χ2v) is 7.87. The van der Waals surface area contributed by atoms with Gasteiger partial charge < -0.3 is 5.11 Å². The first-order chi connectivity index (χ1) is 11.6. The van der Waals surface area contributed by atoms with Crippen LogP contribution in [-0.4, -0.2) is 42.1 Å². The monoisotopic (exact) mass is 357 g/mol. The van der Waals surface area contributed by atoms with Crippen LogP contribution in [0, 0.1) is 29.6 Å². The van der Waals surface area contributed by atoms with Gasteiger partial charge in [-0.1, -0.05) is 47.5 Å². The van der Waals surface area contributed by atoms with E-state index in [9.17, 15) is 14.7 Å². The first kappa shape index (κ1) is 24.1. The van der Waals surface area contributed by atoms with Crippen molar-refractivity contribution in [3.8, 4) is 0 Å². The lowest BCUT2D eigenvalue weighted by atomic mass is 9.80. The quantitative estimate of drug-likeness (QED) is 0.427. The highest BCUT2D eigenvalue weighted by molar-refractivity contribution is 6.01. The smallest absolute Gasteiger partial charge is 0.256 e. The van der Waals surface area contributed by atoms with E-state index in [1.165, 1.54) is 27.0 Å².